The van der Waals surface area contributed by atoms with E-state index >= 15 is 0 Å². The molecule has 2 fully saturated rings. The summed E-state index contributed by atoms with van der Waals surface area (Å²) in [5, 5.41) is 0. The summed E-state index contributed by atoms with van der Waals surface area (Å²) in [5.74, 6) is -0.548. The lowest BCUT2D eigenvalue weighted by Crippen LogP contribution is -2.60. The van der Waals surface area contributed by atoms with E-state index in [1.54, 1.807) is 34.1 Å². The van der Waals surface area contributed by atoms with Crippen LogP contribution in [0.1, 0.15) is 24.5 Å². The Bertz CT molecular complexity index is 1580. The largest absolute Gasteiger partial charge is 0.461 e. The Morgan fingerprint density at radius 2 is 1.36 bits per heavy atom. The van der Waals surface area contributed by atoms with E-state index in [0.717, 1.165) is 12.5 Å². The van der Waals surface area contributed by atoms with E-state index in [1.165, 1.54) is 31.4 Å². The minimum Gasteiger partial charge on any atom is -0.461 e. The quantitative estimate of drug-likeness (QED) is 0.359. The van der Waals surface area contributed by atoms with Crippen LogP contribution in [0.3, 0.4) is 0 Å². The Kier molecular flexibility index (Phi) is 12.0. The van der Waals surface area contributed by atoms with Gasteiger partial charge in [0.25, 0.3) is 0 Å². The Morgan fingerprint density at radius 3 is 1.87 bits per heavy atom. The number of carbonyl (C=O) groups excluding carboxylic acids is 3. The molecular formula is C30H40ClN3O9S2. The van der Waals surface area contributed by atoms with Crippen molar-refractivity contribution >= 4 is 50.1 Å². The first-order valence-electron chi connectivity index (χ1n) is 14.3. The summed E-state index contributed by atoms with van der Waals surface area (Å²) in [6, 6.07) is 12.1. The average molecular weight is 686 g/mol. The zero-order valence-corrected chi connectivity index (χ0v) is 28.2. The van der Waals surface area contributed by atoms with Crippen molar-refractivity contribution in [3.8, 4) is 0 Å². The van der Waals surface area contributed by atoms with E-state index in [-0.39, 0.29) is 65.7 Å². The maximum Gasteiger partial charge on any atom is 0.409 e. The number of carbonyl (C=O) groups is 3. The summed E-state index contributed by atoms with van der Waals surface area (Å²) in [4.78, 5) is 44.3. The van der Waals surface area contributed by atoms with Gasteiger partial charge in [-0.2, -0.15) is 0 Å². The van der Waals surface area contributed by atoms with Crippen molar-refractivity contribution in [2.24, 2.45) is 0 Å². The molecule has 0 N–H and O–H groups in total. The topological polar surface area (TPSA) is 148 Å². The Balaban J connectivity index is 0.00000552. The fourth-order valence-electron chi connectivity index (χ4n) is 5.67. The molecule has 3 atom stereocenters. The molecule has 0 saturated carbocycles. The van der Waals surface area contributed by atoms with E-state index in [9.17, 15) is 31.2 Å². The van der Waals surface area contributed by atoms with Crippen LogP contribution >= 0.6 is 12.4 Å². The molecule has 12 nitrogen and oxygen atoms in total. The predicted molar refractivity (Wildman–Crippen MR) is 169 cm³/mol. The van der Waals surface area contributed by atoms with Crippen LogP contribution in [0.2, 0.25) is 0 Å². The third-order valence-corrected chi connectivity index (χ3v) is 10.3. The van der Waals surface area contributed by atoms with Crippen molar-refractivity contribution in [1.29, 1.82) is 0 Å². The zero-order chi connectivity index (χ0) is 32.2. The van der Waals surface area contributed by atoms with Gasteiger partial charge in [0, 0.05) is 57.7 Å². The van der Waals surface area contributed by atoms with Gasteiger partial charge in [0.05, 0.1) is 35.8 Å². The summed E-state index contributed by atoms with van der Waals surface area (Å²) >= 11 is 0. The lowest BCUT2D eigenvalue weighted by atomic mass is 10.1. The van der Waals surface area contributed by atoms with E-state index in [2.05, 4.69) is 4.90 Å². The summed E-state index contributed by atoms with van der Waals surface area (Å²) in [6.07, 6.45) is 2.13. The number of hydrogen-bond donors (Lipinski definition) is 0. The van der Waals surface area contributed by atoms with E-state index in [1.807, 2.05) is 6.92 Å². The molecule has 2 aromatic rings. The third-order valence-electron chi connectivity index (χ3n) is 8.05. The summed E-state index contributed by atoms with van der Waals surface area (Å²) < 4.78 is 57.6. The second kappa shape index (κ2) is 14.9. The molecule has 0 bridgehead atoms. The lowest BCUT2D eigenvalue weighted by molar-refractivity contribution is -0.147. The van der Waals surface area contributed by atoms with Gasteiger partial charge in [-0.3, -0.25) is 14.5 Å². The first-order chi connectivity index (χ1) is 20.6. The molecule has 2 amide bonds. The van der Waals surface area contributed by atoms with Crippen molar-refractivity contribution in [3.63, 3.8) is 0 Å². The molecule has 2 saturated heterocycles. The molecule has 2 aliphatic heterocycles. The molecule has 248 valence electrons. The van der Waals surface area contributed by atoms with E-state index in [0.29, 0.717) is 43.7 Å². The van der Waals surface area contributed by atoms with Gasteiger partial charge in [-0.05, 0) is 42.3 Å². The minimum atomic E-state index is -3.35. The highest BCUT2D eigenvalue weighted by Gasteiger charge is 2.38. The summed E-state index contributed by atoms with van der Waals surface area (Å²) in [7, 11) is -5.36. The molecule has 0 aliphatic carbocycles. The van der Waals surface area contributed by atoms with Gasteiger partial charge < -0.3 is 19.3 Å². The Morgan fingerprint density at radius 1 is 0.822 bits per heavy atom. The van der Waals surface area contributed by atoms with Crippen LogP contribution in [0.15, 0.2) is 58.3 Å². The fourth-order valence-corrected chi connectivity index (χ4v) is 6.93. The number of methoxy groups -OCH3 is 1. The van der Waals surface area contributed by atoms with Crippen LogP contribution in [0.5, 0.6) is 0 Å². The normalized spacial score (nSPS) is 20.8. The monoisotopic (exact) mass is 685 g/mol. The first-order valence-corrected chi connectivity index (χ1v) is 18.1. The van der Waals surface area contributed by atoms with Crippen LogP contribution in [-0.2, 0) is 51.6 Å². The zero-order valence-electron chi connectivity index (χ0n) is 25.7. The number of hydrogen-bond acceptors (Lipinski definition) is 10. The van der Waals surface area contributed by atoms with Gasteiger partial charge in [-0.25, -0.2) is 21.6 Å². The highest BCUT2D eigenvalue weighted by atomic mass is 35.5. The number of ether oxygens (including phenoxy) is 2. The average Bonchev–Trinajstić information content (AvgIpc) is 3.29. The third kappa shape index (κ3) is 9.65. The second-order valence-corrected chi connectivity index (χ2v) is 15.5. The van der Waals surface area contributed by atoms with Crippen molar-refractivity contribution in [2.75, 3.05) is 52.3 Å². The number of likely N-dealkylation sites (tertiary alicyclic amines) is 1. The van der Waals surface area contributed by atoms with Gasteiger partial charge in [0.1, 0.15) is 6.10 Å². The highest BCUT2D eigenvalue weighted by molar-refractivity contribution is 7.91. The molecule has 2 aliphatic rings. The SMILES string of the molecule is COC(=O)N1CCN(C(=O)Cc2ccc(S(C)(=O)=O)cc2)C(CN2CC(OC(=O)Cc3ccc(S(C)(=O)=O)cc3)CC2C)C1.Cl. The molecule has 3 unspecified atom stereocenters. The van der Waals surface area contributed by atoms with Crippen LogP contribution in [0.25, 0.3) is 0 Å². The highest BCUT2D eigenvalue weighted by Crippen LogP contribution is 2.24. The van der Waals surface area contributed by atoms with Gasteiger partial charge in [-0.1, -0.05) is 24.3 Å². The van der Waals surface area contributed by atoms with Crippen LogP contribution < -0.4 is 0 Å². The molecule has 4 rings (SSSR count). The smallest absolute Gasteiger partial charge is 0.409 e. The fraction of sp³-hybridized carbons (Fsp3) is 0.500. The lowest BCUT2D eigenvalue weighted by Gasteiger charge is -2.43. The molecule has 2 aromatic carbocycles. The number of amides is 2. The number of nitrogens with zero attached hydrogens (tertiary/aromatic N) is 3. The molecule has 0 radical (unpaired) electrons. The summed E-state index contributed by atoms with van der Waals surface area (Å²) in [5.41, 5.74) is 1.33. The van der Waals surface area contributed by atoms with Gasteiger partial charge in [-0.15, -0.1) is 12.4 Å². The number of benzene rings is 2. The van der Waals surface area contributed by atoms with Crippen LogP contribution in [0, 0.1) is 0 Å². The van der Waals surface area contributed by atoms with Crippen LogP contribution in [0.4, 0.5) is 4.79 Å². The number of sulfone groups is 2. The van der Waals surface area contributed by atoms with Crippen molar-refractivity contribution in [2.45, 2.75) is 54.2 Å². The molecule has 2 heterocycles. The molecule has 0 spiro atoms. The van der Waals surface area contributed by atoms with Gasteiger partial charge >= 0.3 is 12.1 Å². The second-order valence-electron chi connectivity index (χ2n) is 11.5. The van der Waals surface area contributed by atoms with Crippen molar-refractivity contribution < 1.29 is 40.7 Å². The van der Waals surface area contributed by atoms with Crippen molar-refractivity contribution in [1.82, 2.24) is 14.7 Å². The van der Waals surface area contributed by atoms with Crippen LogP contribution in [-0.4, -0.2) is 120 Å². The standard InChI is InChI=1S/C30H39N3O9S2.ClH/c1-21-15-25(42-29(35)17-23-7-11-27(12-8-23)44(4,39)40)20-32(21)19-24-18-31(30(36)41-2)13-14-33(24)28(34)16-22-5-9-26(10-6-22)43(3,37)38;/h5-12,21,24-25H,13-20H2,1-4H3;1H. The van der Waals surface area contributed by atoms with Gasteiger partial charge in [0.15, 0.2) is 19.7 Å². The molecule has 0 aromatic heterocycles. The van der Waals surface area contributed by atoms with Gasteiger partial charge in [0.2, 0.25) is 5.91 Å². The number of halogens is 1. The molecular weight excluding hydrogens is 646 g/mol. The number of esters is 1. The van der Waals surface area contributed by atoms with Crippen molar-refractivity contribution in [3.05, 3.63) is 59.7 Å². The maximum absolute atomic E-state index is 13.5. The first kappa shape index (κ1) is 36.3. The Hall–Kier alpha value is -3.20. The predicted octanol–water partition coefficient (Wildman–Crippen LogP) is 1.99. The van der Waals surface area contributed by atoms with E-state index < -0.39 is 31.7 Å². The Labute approximate surface area is 270 Å². The summed E-state index contributed by atoms with van der Waals surface area (Å²) in [6.45, 7) is 3.86. The maximum atomic E-state index is 13.5. The number of rotatable bonds is 9. The number of piperazine rings is 1. The molecule has 15 heteroatoms. The minimum absolute atomic E-state index is 0. The van der Waals surface area contributed by atoms with E-state index in [4.69, 9.17) is 9.47 Å². The molecule has 45 heavy (non-hydrogen) atoms.